The fraction of sp³-hybridized carbons (Fsp3) is 0.250. The van der Waals surface area contributed by atoms with Crippen LogP contribution in [0.25, 0.3) is 0 Å². The van der Waals surface area contributed by atoms with Gasteiger partial charge in [0.1, 0.15) is 0 Å². The molecule has 0 aliphatic rings. The predicted molar refractivity (Wildman–Crippen MR) is 63.4 cm³/mol. The summed E-state index contributed by atoms with van der Waals surface area (Å²) < 4.78 is 0. The van der Waals surface area contributed by atoms with Gasteiger partial charge < -0.3 is 20.4 Å². The first-order valence-corrected chi connectivity index (χ1v) is 3.83. The zero-order valence-corrected chi connectivity index (χ0v) is 10.4. The lowest BCUT2D eigenvalue weighted by Crippen LogP contribution is -2.00. The molecule has 0 aromatic carbocycles. The first kappa shape index (κ1) is 25.1. The maximum Gasteiger partial charge on any atom is 0.328 e. The number of halogens is 2. The molecule has 0 aliphatic carbocycles. The summed E-state index contributed by atoms with van der Waals surface area (Å²) in [5.74, 6) is -4.67. The fourth-order valence-corrected chi connectivity index (χ4v) is 0.356. The molecule has 106 valence electrons. The molecule has 0 bridgehead atoms. The van der Waals surface area contributed by atoms with Gasteiger partial charge >= 0.3 is 23.9 Å². The maximum absolute atomic E-state index is 9.64. The van der Waals surface area contributed by atoms with Crippen LogP contribution in [0.15, 0.2) is 12.2 Å². The average Bonchev–Trinajstić information content (AvgIpc) is 2.12. The molecule has 10 heteroatoms. The molecular weight excluding hydrogens is 295 g/mol. The van der Waals surface area contributed by atoms with E-state index in [1.807, 2.05) is 0 Å². The molecule has 0 fully saturated rings. The number of hydrogen-bond acceptors (Lipinski definition) is 4. The second kappa shape index (κ2) is 15.2. The lowest BCUT2D eigenvalue weighted by atomic mass is 10.3. The molecule has 18 heavy (non-hydrogen) atoms. The third-order valence-electron chi connectivity index (χ3n) is 0.921. The van der Waals surface area contributed by atoms with Crippen LogP contribution in [-0.2, 0) is 19.2 Å². The molecule has 0 saturated carbocycles. The van der Waals surface area contributed by atoms with E-state index >= 15 is 0 Å². The third kappa shape index (κ3) is 36.8. The average molecular weight is 307 g/mol. The van der Waals surface area contributed by atoms with Crippen molar-refractivity contribution in [2.24, 2.45) is 0 Å². The summed E-state index contributed by atoms with van der Waals surface area (Å²) in [7, 11) is 0. The zero-order chi connectivity index (χ0) is 13.1. The second-order valence-corrected chi connectivity index (χ2v) is 2.30. The first-order valence-electron chi connectivity index (χ1n) is 3.83. The van der Waals surface area contributed by atoms with Crippen molar-refractivity contribution in [3.63, 3.8) is 0 Å². The van der Waals surface area contributed by atoms with Crippen LogP contribution < -0.4 is 0 Å². The largest absolute Gasteiger partial charge is 0.481 e. The Morgan fingerprint density at radius 2 is 0.889 bits per heavy atom. The second-order valence-electron chi connectivity index (χ2n) is 2.30. The van der Waals surface area contributed by atoms with Gasteiger partial charge in [-0.2, -0.15) is 0 Å². The van der Waals surface area contributed by atoms with E-state index in [2.05, 4.69) is 0 Å². The van der Waals surface area contributed by atoms with Gasteiger partial charge in [-0.1, -0.05) is 0 Å². The summed E-state index contributed by atoms with van der Waals surface area (Å²) >= 11 is 0. The lowest BCUT2D eigenvalue weighted by molar-refractivity contribution is -0.143. The van der Waals surface area contributed by atoms with Gasteiger partial charge in [0.25, 0.3) is 0 Å². The van der Waals surface area contributed by atoms with Gasteiger partial charge in [0, 0.05) is 12.2 Å². The van der Waals surface area contributed by atoms with Crippen molar-refractivity contribution >= 4 is 48.7 Å². The Bertz CT molecular complexity index is 282. The molecule has 0 aromatic rings. The van der Waals surface area contributed by atoms with Crippen LogP contribution in [0, 0.1) is 0 Å². The van der Waals surface area contributed by atoms with E-state index in [1.54, 1.807) is 0 Å². The monoisotopic (exact) mass is 306 g/mol. The minimum Gasteiger partial charge on any atom is -0.481 e. The van der Waals surface area contributed by atoms with E-state index < -0.39 is 23.9 Å². The molecule has 8 nitrogen and oxygen atoms in total. The SMILES string of the molecule is Cl.Cl.O=C(O)C=CC(=O)O.O=C(O)CCC(=O)O. The number of hydrogen-bond donors (Lipinski definition) is 4. The number of carboxylic acids is 4. The standard InChI is InChI=1S/C4H6O4.C4H4O4.2ClH/c2*5-3(6)1-2-4(7)8;;/h1-2H2,(H,5,6)(H,7,8);1-2H,(H,5,6)(H,7,8);2*1H. The van der Waals surface area contributed by atoms with Crippen LogP contribution in [0.5, 0.6) is 0 Å². The highest BCUT2D eigenvalue weighted by Crippen LogP contribution is 1.86. The highest BCUT2D eigenvalue weighted by atomic mass is 35.5. The molecule has 0 rings (SSSR count). The number of carboxylic acid groups (broad SMARTS) is 4. The van der Waals surface area contributed by atoms with Crippen molar-refractivity contribution < 1.29 is 39.6 Å². The highest BCUT2D eigenvalue weighted by molar-refractivity contribution is 5.89. The number of rotatable bonds is 5. The Labute approximate surface area is 114 Å². The fourth-order valence-electron chi connectivity index (χ4n) is 0.356. The molecule has 0 aromatic heterocycles. The summed E-state index contributed by atoms with van der Waals surface area (Å²) in [5.41, 5.74) is 0. The number of carbonyl (C=O) groups is 4. The summed E-state index contributed by atoms with van der Waals surface area (Å²) in [4.78, 5) is 38.4. The van der Waals surface area contributed by atoms with E-state index in [4.69, 9.17) is 20.4 Å². The van der Waals surface area contributed by atoms with Crippen molar-refractivity contribution in [3.8, 4) is 0 Å². The Balaban J connectivity index is -0.0000000980. The molecule has 0 amide bonds. The van der Waals surface area contributed by atoms with Gasteiger partial charge in [-0.25, -0.2) is 9.59 Å². The number of aliphatic carboxylic acids is 4. The topological polar surface area (TPSA) is 149 Å². The van der Waals surface area contributed by atoms with E-state index in [1.165, 1.54) is 0 Å². The Kier molecular flexibility index (Phi) is 21.2. The van der Waals surface area contributed by atoms with Crippen LogP contribution in [0.3, 0.4) is 0 Å². The molecule has 0 atom stereocenters. The molecule has 0 radical (unpaired) electrons. The van der Waals surface area contributed by atoms with Gasteiger partial charge in [0.2, 0.25) is 0 Å². The van der Waals surface area contributed by atoms with Crippen molar-refractivity contribution in [1.82, 2.24) is 0 Å². The van der Waals surface area contributed by atoms with E-state index in [0.717, 1.165) is 0 Å². The van der Waals surface area contributed by atoms with Gasteiger partial charge in [0.05, 0.1) is 12.8 Å². The van der Waals surface area contributed by atoms with Gasteiger partial charge in [0.15, 0.2) is 0 Å². The molecule has 0 unspecified atom stereocenters. The summed E-state index contributed by atoms with van der Waals surface area (Å²) in [6.45, 7) is 0. The van der Waals surface area contributed by atoms with Crippen molar-refractivity contribution in [2.75, 3.05) is 0 Å². The highest BCUT2D eigenvalue weighted by Gasteiger charge is 2.00. The van der Waals surface area contributed by atoms with Crippen molar-refractivity contribution in [2.45, 2.75) is 12.8 Å². The normalized spacial score (nSPS) is 8.00. The molecule has 0 aliphatic heterocycles. The molecule has 4 N–H and O–H groups in total. The lowest BCUT2D eigenvalue weighted by Gasteiger charge is -1.85. The van der Waals surface area contributed by atoms with Crippen LogP contribution in [0.2, 0.25) is 0 Å². The Morgan fingerprint density at radius 3 is 1.00 bits per heavy atom. The summed E-state index contributed by atoms with van der Waals surface area (Å²) in [5, 5.41) is 31.4. The van der Waals surface area contributed by atoms with Crippen LogP contribution >= 0.6 is 24.8 Å². The van der Waals surface area contributed by atoms with Gasteiger partial charge in [-0.05, 0) is 0 Å². The van der Waals surface area contributed by atoms with E-state index in [0.29, 0.717) is 12.2 Å². The van der Waals surface area contributed by atoms with Crippen molar-refractivity contribution in [1.29, 1.82) is 0 Å². The molecule has 0 saturated heterocycles. The third-order valence-corrected chi connectivity index (χ3v) is 0.921. The molecule has 0 heterocycles. The van der Waals surface area contributed by atoms with Crippen LogP contribution in [0.4, 0.5) is 0 Å². The van der Waals surface area contributed by atoms with Crippen molar-refractivity contribution in [3.05, 3.63) is 12.2 Å². The Morgan fingerprint density at radius 1 is 0.667 bits per heavy atom. The molecular formula is C8H12Cl2O8. The van der Waals surface area contributed by atoms with Crippen LogP contribution in [-0.4, -0.2) is 44.3 Å². The minimum absolute atomic E-state index is 0. The smallest absolute Gasteiger partial charge is 0.328 e. The Hall–Kier alpha value is -1.80. The van der Waals surface area contributed by atoms with Crippen LogP contribution in [0.1, 0.15) is 12.8 Å². The summed E-state index contributed by atoms with van der Waals surface area (Å²) in [6, 6.07) is 0. The quantitative estimate of drug-likeness (QED) is 0.536. The van der Waals surface area contributed by atoms with E-state index in [-0.39, 0.29) is 37.7 Å². The summed E-state index contributed by atoms with van der Waals surface area (Å²) in [6.07, 6.45) is 0.523. The van der Waals surface area contributed by atoms with E-state index in [9.17, 15) is 19.2 Å². The first-order chi connectivity index (χ1) is 7.25. The van der Waals surface area contributed by atoms with Gasteiger partial charge in [-0.15, -0.1) is 24.8 Å². The maximum atomic E-state index is 9.64. The molecule has 0 spiro atoms. The predicted octanol–water partition coefficient (Wildman–Crippen LogP) is 0.491. The zero-order valence-electron chi connectivity index (χ0n) is 8.81. The minimum atomic E-state index is -1.26. The van der Waals surface area contributed by atoms with Gasteiger partial charge in [-0.3, -0.25) is 9.59 Å².